The molecule has 1 unspecified atom stereocenters. The lowest BCUT2D eigenvalue weighted by Crippen LogP contribution is -2.27. The van der Waals surface area contributed by atoms with Crippen molar-refractivity contribution < 1.29 is 14.3 Å². The van der Waals surface area contributed by atoms with E-state index in [2.05, 4.69) is 15.3 Å². The highest BCUT2D eigenvalue weighted by molar-refractivity contribution is 5.77. The minimum absolute atomic E-state index is 0.0235. The number of carbonyl (C=O) groups excluding carboxylic acids is 1. The fourth-order valence-electron chi connectivity index (χ4n) is 2.82. The Balaban J connectivity index is 1.44. The van der Waals surface area contributed by atoms with Crippen molar-refractivity contribution in [3.8, 4) is 11.5 Å². The highest BCUT2D eigenvalue weighted by Crippen LogP contribution is 2.26. The lowest BCUT2D eigenvalue weighted by Gasteiger charge is -2.13. The summed E-state index contributed by atoms with van der Waals surface area (Å²) < 4.78 is 11.3. The van der Waals surface area contributed by atoms with Crippen molar-refractivity contribution in [2.24, 2.45) is 0 Å². The molecular weight excluding hydrogens is 342 g/mol. The predicted molar refractivity (Wildman–Crippen MR) is 105 cm³/mol. The predicted octanol–water partition coefficient (Wildman–Crippen LogP) is 4.00. The second kappa shape index (κ2) is 9.07. The smallest absolute Gasteiger partial charge is 0.220 e. The van der Waals surface area contributed by atoms with Gasteiger partial charge in [-0.15, -0.1) is 0 Å². The number of para-hydroxylation sites is 4. The third-order valence-electron chi connectivity index (χ3n) is 4.15. The summed E-state index contributed by atoms with van der Waals surface area (Å²) in [6, 6.07) is 15.2. The molecule has 1 atom stereocenters. The van der Waals surface area contributed by atoms with Gasteiger partial charge >= 0.3 is 0 Å². The fraction of sp³-hybridized carbons (Fsp3) is 0.333. The number of imidazole rings is 1. The van der Waals surface area contributed by atoms with E-state index in [0.29, 0.717) is 31.8 Å². The van der Waals surface area contributed by atoms with Gasteiger partial charge in [-0.2, -0.15) is 0 Å². The Morgan fingerprint density at radius 3 is 2.56 bits per heavy atom. The van der Waals surface area contributed by atoms with E-state index in [1.807, 2.05) is 62.4 Å². The Hall–Kier alpha value is -3.02. The molecule has 3 aromatic rings. The van der Waals surface area contributed by atoms with Gasteiger partial charge in [0, 0.05) is 6.42 Å². The number of nitrogens with zero attached hydrogens (tertiary/aromatic N) is 1. The molecular formula is C21H25N3O3. The maximum Gasteiger partial charge on any atom is 0.220 e. The van der Waals surface area contributed by atoms with Gasteiger partial charge in [0.1, 0.15) is 5.82 Å². The second-order valence-corrected chi connectivity index (χ2v) is 6.26. The van der Waals surface area contributed by atoms with E-state index in [1.54, 1.807) is 0 Å². The van der Waals surface area contributed by atoms with E-state index in [-0.39, 0.29) is 11.9 Å². The molecule has 142 valence electrons. The number of amides is 1. The topological polar surface area (TPSA) is 76.2 Å². The van der Waals surface area contributed by atoms with Crippen LogP contribution >= 0.6 is 0 Å². The third-order valence-corrected chi connectivity index (χ3v) is 4.15. The van der Waals surface area contributed by atoms with Crippen molar-refractivity contribution in [3.05, 3.63) is 54.4 Å². The molecule has 0 aliphatic carbocycles. The molecule has 6 nitrogen and oxygen atoms in total. The summed E-state index contributed by atoms with van der Waals surface area (Å²) >= 11 is 0. The number of carbonyl (C=O) groups is 1. The van der Waals surface area contributed by atoms with Gasteiger partial charge in [-0.1, -0.05) is 24.3 Å². The average Bonchev–Trinajstić information content (AvgIpc) is 3.11. The summed E-state index contributed by atoms with van der Waals surface area (Å²) in [7, 11) is 0. The molecule has 2 aromatic carbocycles. The molecule has 27 heavy (non-hydrogen) atoms. The van der Waals surface area contributed by atoms with Crippen LogP contribution in [-0.4, -0.2) is 29.1 Å². The maximum atomic E-state index is 12.2. The quantitative estimate of drug-likeness (QED) is 0.561. The van der Waals surface area contributed by atoms with Crippen LogP contribution in [0, 0.1) is 0 Å². The number of H-pyrrole nitrogens is 1. The summed E-state index contributed by atoms with van der Waals surface area (Å²) in [6.45, 7) is 4.90. The zero-order valence-electron chi connectivity index (χ0n) is 15.7. The zero-order chi connectivity index (χ0) is 19.1. The summed E-state index contributed by atoms with van der Waals surface area (Å²) in [5, 5.41) is 2.97. The van der Waals surface area contributed by atoms with Crippen LogP contribution in [0.5, 0.6) is 11.5 Å². The van der Waals surface area contributed by atoms with Crippen LogP contribution in [0.15, 0.2) is 48.5 Å². The van der Waals surface area contributed by atoms with Crippen molar-refractivity contribution in [3.63, 3.8) is 0 Å². The number of aromatic nitrogens is 2. The molecule has 0 aliphatic heterocycles. The molecule has 0 spiro atoms. The first-order valence-corrected chi connectivity index (χ1v) is 9.26. The molecule has 3 rings (SSSR count). The van der Waals surface area contributed by atoms with Crippen molar-refractivity contribution in [1.29, 1.82) is 0 Å². The number of nitrogens with one attached hydrogen (secondary N) is 2. The Morgan fingerprint density at radius 1 is 1.11 bits per heavy atom. The second-order valence-electron chi connectivity index (χ2n) is 6.26. The Bertz CT molecular complexity index is 858. The van der Waals surface area contributed by atoms with Gasteiger partial charge in [0.25, 0.3) is 0 Å². The lowest BCUT2D eigenvalue weighted by molar-refractivity contribution is -0.122. The fourth-order valence-corrected chi connectivity index (χ4v) is 2.82. The van der Waals surface area contributed by atoms with E-state index in [9.17, 15) is 4.79 Å². The zero-order valence-corrected chi connectivity index (χ0v) is 15.7. The normalized spacial score (nSPS) is 11.9. The van der Waals surface area contributed by atoms with Crippen molar-refractivity contribution in [2.45, 2.75) is 32.7 Å². The standard InChI is InChI=1S/C21H25N3O3/c1-3-26-18-11-6-7-12-19(18)27-14-8-13-20(25)22-15(2)21-23-16-9-4-5-10-17(16)24-21/h4-7,9-12,15H,3,8,13-14H2,1-2H3,(H,22,25)(H,23,24). The van der Waals surface area contributed by atoms with Gasteiger partial charge < -0.3 is 19.8 Å². The first kappa shape index (κ1) is 18.8. The molecule has 1 heterocycles. The molecule has 1 aromatic heterocycles. The van der Waals surface area contributed by atoms with E-state index in [4.69, 9.17) is 9.47 Å². The molecule has 2 N–H and O–H groups in total. The number of benzene rings is 2. The summed E-state index contributed by atoms with van der Waals surface area (Å²) in [5.41, 5.74) is 1.87. The molecule has 0 radical (unpaired) electrons. The number of hydrogen-bond acceptors (Lipinski definition) is 4. The number of fused-ring (bicyclic) bond motifs is 1. The van der Waals surface area contributed by atoms with E-state index < -0.39 is 0 Å². The molecule has 0 bridgehead atoms. The van der Waals surface area contributed by atoms with Crippen LogP contribution in [0.2, 0.25) is 0 Å². The van der Waals surface area contributed by atoms with Crippen LogP contribution in [0.4, 0.5) is 0 Å². The highest BCUT2D eigenvalue weighted by atomic mass is 16.5. The summed E-state index contributed by atoms with van der Waals surface area (Å²) in [4.78, 5) is 20.0. The van der Waals surface area contributed by atoms with E-state index in [1.165, 1.54) is 0 Å². The van der Waals surface area contributed by atoms with Crippen LogP contribution in [-0.2, 0) is 4.79 Å². The summed E-state index contributed by atoms with van der Waals surface area (Å²) in [6.07, 6.45) is 1.01. The van der Waals surface area contributed by atoms with E-state index >= 15 is 0 Å². The van der Waals surface area contributed by atoms with Crippen molar-refractivity contribution >= 4 is 16.9 Å². The SMILES string of the molecule is CCOc1ccccc1OCCCC(=O)NC(C)c1nc2ccccc2[nH]1. The first-order valence-electron chi connectivity index (χ1n) is 9.26. The van der Waals surface area contributed by atoms with Crippen molar-refractivity contribution in [1.82, 2.24) is 15.3 Å². The maximum absolute atomic E-state index is 12.2. The monoisotopic (exact) mass is 367 g/mol. The largest absolute Gasteiger partial charge is 0.490 e. The molecule has 1 amide bonds. The van der Waals surface area contributed by atoms with Gasteiger partial charge in [0.2, 0.25) is 5.91 Å². The number of aromatic amines is 1. The Morgan fingerprint density at radius 2 is 1.81 bits per heavy atom. The Labute approximate surface area is 158 Å². The minimum atomic E-state index is -0.176. The van der Waals surface area contributed by atoms with Crippen LogP contribution in [0.3, 0.4) is 0 Å². The lowest BCUT2D eigenvalue weighted by atomic mass is 10.2. The number of ether oxygens (including phenoxy) is 2. The van der Waals surface area contributed by atoms with E-state index in [0.717, 1.165) is 22.6 Å². The van der Waals surface area contributed by atoms with Crippen LogP contribution < -0.4 is 14.8 Å². The van der Waals surface area contributed by atoms with Crippen LogP contribution in [0.25, 0.3) is 11.0 Å². The molecule has 6 heteroatoms. The van der Waals surface area contributed by atoms with Gasteiger partial charge in [-0.05, 0) is 44.5 Å². The van der Waals surface area contributed by atoms with Gasteiger partial charge in [-0.25, -0.2) is 4.98 Å². The van der Waals surface area contributed by atoms with Crippen molar-refractivity contribution in [2.75, 3.05) is 13.2 Å². The Kier molecular flexibility index (Phi) is 6.30. The number of rotatable bonds is 9. The van der Waals surface area contributed by atoms with Crippen LogP contribution in [0.1, 0.15) is 38.6 Å². The average molecular weight is 367 g/mol. The first-order chi connectivity index (χ1) is 13.2. The summed E-state index contributed by atoms with van der Waals surface area (Å²) in [5.74, 6) is 2.16. The molecule has 0 saturated carbocycles. The van der Waals surface area contributed by atoms with Gasteiger partial charge in [0.15, 0.2) is 11.5 Å². The highest BCUT2D eigenvalue weighted by Gasteiger charge is 2.13. The molecule has 0 aliphatic rings. The molecule has 0 fully saturated rings. The van der Waals surface area contributed by atoms with Gasteiger partial charge in [0.05, 0.1) is 30.3 Å². The minimum Gasteiger partial charge on any atom is -0.490 e. The molecule has 0 saturated heterocycles. The third kappa shape index (κ3) is 5.00. The number of hydrogen-bond donors (Lipinski definition) is 2. The van der Waals surface area contributed by atoms with Gasteiger partial charge in [-0.3, -0.25) is 4.79 Å².